The van der Waals surface area contributed by atoms with Crippen LogP contribution in [0.25, 0.3) is 0 Å². The molecule has 0 bridgehead atoms. The Kier molecular flexibility index (Phi) is 5.19. The number of urea groups is 1. The maximum atomic E-state index is 13.2. The number of amides is 5. The Bertz CT molecular complexity index is 1060. The normalized spacial score (nSPS) is 22.2. The molecule has 0 unspecified atom stereocenters. The minimum absolute atomic E-state index is 0.252. The molecule has 0 aromatic carbocycles. The molecule has 1 aliphatic carbocycles. The van der Waals surface area contributed by atoms with Crippen molar-refractivity contribution in [3.8, 4) is 0 Å². The van der Waals surface area contributed by atoms with Crippen LogP contribution in [0.3, 0.4) is 0 Å². The van der Waals surface area contributed by atoms with Crippen molar-refractivity contribution >= 4 is 52.1 Å². The predicted octanol–water partition coefficient (Wildman–Crippen LogP) is 3.22. The van der Waals surface area contributed by atoms with Crippen LogP contribution < -0.4 is 0 Å². The lowest BCUT2D eigenvalue weighted by molar-refractivity contribution is -0.145. The second-order valence-electron chi connectivity index (χ2n) is 7.78. The highest BCUT2D eigenvalue weighted by Crippen LogP contribution is 2.36. The SMILES string of the molecule is O=C1C(=O)N(C2CCCC2)C(=O)N1CC(=O)N1N=C(c2cccs2)C[C@H]1c1cccs1. The van der Waals surface area contributed by atoms with Crippen molar-refractivity contribution in [2.45, 2.75) is 44.2 Å². The summed E-state index contributed by atoms with van der Waals surface area (Å²) in [5.41, 5.74) is 0.796. The molecule has 0 N–H and O–H groups in total. The first-order valence-electron chi connectivity index (χ1n) is 10.2. The standard InChI is InChI=1S/C21H20N4O4S2/c26-18(12-23-19(27)20(28)24(21(23)29)13-5-1-2-6-13)25-15(17-8-4-10-31-17)11-14(22-25)16-7-3-9-30-16/h3-4,7-10,13,15H,1-2,5-6,11-12H2/t15-/m0/s1. The van der Waals surface area contributed by atoms with Crippen molar-refractivity contribution in [3.63, 3.8) is 0 Å². The van der Waals surface area contributed by atoms with Gasteiger partial charge in [0.05, 0.1) is 16.6 Å². The number of hydrogen-bond acceptors (Lipinski definition) is 7. The van der Waals surface area contributed by atoms with Gasteiger partial charge in [-0.1, -0.05) is 25.0 Å². The van der Waals surface area contributed by atoms with Gasteiger partial charge in [-0.05, 0) is 35.7 Å². The van der Waals surface area contributed by atoms with E-state index in [-0.39, 0.29) is 12.1 Å². The summed E-state index contributed by atoms with van der Waals surface area (Å²) < 4.78 is 0. The lowest BCUT2D eigenvalue weighted by Gasteiger charge is -2.24. The molecule has 2 aromatic rings. The summed E-state index contributed by atoms with van der Waals surface area (Å²) in [6.45, 7) is -0.490. The first kappa shape index (κ1) is 20.1. The smallest absolute Gasteiger partial charge is 0.271 e. The highest BCUT2D eigenvalue weighted by atomic mass is 32.1. The summed E-state index contributed by atoms with van der Waals surface area (Å²) in [5.74, 6) is -2.24. The molecular formula is C21H20N4O4S2. The molecule has 160 valence electrons. The van der Waals surface area contributed by atoms with Crippen molar-refractivity contribution in [1.29, 1.82) is 0 Å². The Morgan fingerprint density at radius 3 is 2.45 bits per heavy atom. The summed E-state index contributed by atoms with van der Waals surface area (Å²) in [7, 11) is 0. The maximum Gasteiger partial charge on any atom is 0.334 e. The van der Waals surface area contributed by atoms with E-state index in [9.17, 15) is 19.2 Å². The molecule has 5 amide bonds. The van der Waals surface area contributed by atoms with E-state index in [0.717, 1.165) is 38.1 Å². The Morgan fingerprint density at radius 2 is 1.77 bits per heavy atom. The van der Waals surface area contributed by atoms with E-state index in [1.165, 1.54) is 16.3 Å². The Balaban J connectivity index is 1.38. The molecular weight excluding hydrogens is 436 g/mol. The third-order valence-corrected chi connectivity index (χ3v) is 7.80. The maximum absolute atomic E-state index is 13.2. The van der Waals surface area contributed by atoms with Gasteiger partial charge < -0.3 is 0 Å². The third kappa shape index (κ3) is 3.49. The van der Waals surface area contributed by atoms with Gasteiger partial charge in [0.1, 0.15) is 6.54 Å². The fraction of sp³-hybridized carbons (Fsp3) is 0.381. The second kappa shape index (κ2) is 8.01. The number of nitrogens with zero attached hydrogens (tertiary/aromatic N) is 4. The summed E-state index contributed by atoms with van der Waals surface area (Å²) >= 11 is 3.07. The molecule has 4 heterocycles. The molecule has 5 rings (SSSR count). The van der Waals surface area contributed by atoms with Gasteiger partial charge in [-0.3, -0.25) is 19.3 Å². The number of carbonyl (C=O) groups excluding carboxylic acids is 4. The molecule has 0 spiro atoms. The molecule has 2 aliphatic heterocycles. The largest absolute Gasteiger partial charge is 0.334 e. The van der Waals surface area contributed by atoms with Crippen LogP contribution in [-0.4, -0.2) is 56.9 Å². The Labute approximate surface area is 186 Å². The van der Waals surface area contributed by atoms with Crippen molar-refractivity contribution in [1.82, 2.24) is 14.8 Å². The number of carbonyl (C=O) groups is 4. The van der Waals surface area contributed by atoms with Crippen LogP contribution in [0.5, 0.6) is 0 Å². The Morgan fingerprint density at radius 1 is 1.03 bits per heavy atom. The van der Waals surface area contributed by atoms with Crippen LogP contribution in [0.15, 0.2) is 40.1 Å². The number of imide groups is 2. The topological polar surface area (TPSA) is 90.4 Å². The molecule has 10 heteroatoms. The van der Waals surface area contributed by atoms with Crippen LogP contribution in [0.2, 0.25) is 0 Å². The lowest BCUT2D eigenvalue weighted by Crippen LogP contribution is -2.43. The average Bonchev–Trinajstić information content (AvgIpc) is 3.57. The van der Waals surface area contributed by atoms with Crippen molar-refractivity contribution in [2.75, 3.05) is 6.54 Å². The van der Waals surface area contributed by atoms with Crippen LogP contribution in [0.1, 0.15) is 47.9 Å². The van der Waals surface area contributed by atoms with Crippen molar-refractivity contribution in [2.24, 2.45) is 5.10 Å². The van der Waals surface area contributed by atoms with Gasteiger partial charge in [-0.2, -0.15) is 5.10 Å². The van der Waals surface area contributed by atoms with E-state index < -0.39 is 30.3 Å². The molecule has 1 saturated heterocycles. The number of rotatable bonds is 5. The lowest BCUT2D eigenvalue weighted by atomic mass is 10.1. The van der Waals surface area contributed by atoms with Crippen LogP contribution in [0, 0.1) is 0 Å². The second-order valence-corrected chi connectivity index (χ2v) is 9.71. The van der Waals surface area contributed by atoms with Gasteiger partial charge in [0.2, 0.25) is 0 Å². The number of thiophene rings is 2. The van der Waals surface area contributed by atoms with E-state index in [1.54, 1.807) is 11.3 Å². The highest BCUT2D eigenvalue weighted by molar-refractivity contribution is 7.12. The average molecular weight is 457 g/mol. The van der Waals surface area contributed by atoms with E-state index in [4.69, 9.17) is 0 Å². The van der Waals surface area contributed by atoms with E-state index in [1.807, 2.05) is 35.0 Å². The summed E-state index contributed by atoms with van der Waals surface area (Å²) in [4.78, 5) is 54.7. The van der Waals surface area contributed by atoms with E-state index in [2.05, 4.69) is 5.10 Å². The first-order chi connectivity index (χ1) is 15.0. The van der Waals surface area contributed by atoms with Gasteiger partial charge in [0.15, 0.2) is 0 Å². The minimum atomic E-state index is -0.931. The van der Waals surface area contributed by atoms with Gasteiger partial charge in [0, 0.05) is 17.3 Å². The number of hydrogen-bond donors (Lipinski definition) is 0. The van der Waals surface area contributed by atoms with Gasteiger partial charge >= 0.3 is 17.8 Å². The Hall–Kier alpha value is -2.85. The molecule has 2 fully saturated rings. The highest BCUT2D eigenvalue weighted by Gasteiger charge is 2.49. The van der Waals surface area contributed by atoms with Crippen LogP contribution >= 0.6 is 22.7 Å². The third-order valence-electron chi connectivity index (χ3n) is 5.91. The van der Waals surface area contributed by atoms with Gasteiger partial charge in [-0.25, -0.2) is 14.7 Å². The fourth-order valence-corrected chi connectivity index (χ4v) is 5.92. The first-order valence-corrected chi connectivity index (χ1v) is 12.0. The molecule has 2 aromatic heterocycles. The minimum Gasteiger partial charge on any atom is -0.271 e. The van der Waals surface area contributed by atoms with E-state index >= 15 is 0 Å². The molecule has 0 radical (unpaired) electrons. The molecule has 1 atom stereocenters. The predicted molar refractivity (Wildman–Crippen MR) is 116 cm³/mol. The summed E-state index contributed by atoms with van der Waals surface area (Å²) in [6.07, 6.45) is 3.81. The van der Waals surface area contributed by atoms with Gasteiger partial charge in [0.25, 0.3) is 5.91 Å². The van der Waals surface area contributed by atoms with Crippen molar-refractivity contribution < 1.29 is 19.2 Å². The molecule has 3 aliphatic rings. The van der Waals surface area contributed by atoms with E-state index in [0.29, 0.717) is 19.3 Å². The zero-order valence-electron chi connectivity index (χ0n) is 16.6. The molecule has 1 saturated carbocycles. The summed E-state index contributed by atoms with van der Waals surface area (Å²) in [5, 5.41) is 9.80. The van der Waals surface area contributed by atoms with Gasteiger partial charge in [-0.15, -0.1) is 22.7 Å². The van der Waals surface area contributed by atoms with Crippen LogP contribution in [-0.2, 0) is 14.4 Å². The van der Waals surface area contributed by atoms with Crippen molar-refractivity contribution in [3.05, 3.63) is 44.8 Å². The molecule has 31 heavy (non-hydrogen) atoms. The summed E-state index contributed by atoms with van der Waals surface area (Å²) in [6, 6.07) is 6.51. The zero-order valence-corrected chi connectivity index (χ0v) is 18.2. The zero-order chi connectivity index (χ0) is 21.5. The number of hydrazone groups is 1. The molecule has 8 nitrogen and oxygen atoms in total. The quantitative estimate of drug-likeness (QED) is 0.510. The monoisotopic (exact) mass is 456 g/mol. The van der Waals surface area contributed by atoms with Crippen LogP contribution in [0.4, 0.5) is 4.79 Å². The fourth-order valence-electron chi connectivity index (χ4n) is 4.39.